The Kier molecular flexibility index (Phi) is 8.38. The molecule has 1 radical (unpaired) electrons. The van der Waals surface area contributed by atoms with E-state index in [1.165, 1.54) is 17.7 Å². The summed E-state index contributed by atoms with van der Waals surface area (Å²) in [5, 5.41) is 1.48. The molecule has 4 aromatic carbocycles. The highest BCUT2D eigenvalue weighted by Gasteiger charge is 2.34. The fourth-order valence-corrected chi connectivity index (χ4v) is 6.96. The minimum Gasteiger partial charge on any atom is -0.166 e. The molecule has 48 heavy (non-hydrogen) atoms. The molecule has 0 aliphatic heterocycles. The first-order chi connectivity index (χ1) is 22.5. The van der Waals surface area contributed by atoms with Crippen LogP contribution in [0.5, 0.6) is 0 Å². The van der Waals surface area contributed by atoms with E-state index in [-0.39, 0.29) is 22.5 Å². The van der Waals surface area contributed by atoms with Crippen molar-refractivity contribution in [3.63, 3.8) is 0 Å². The van der Waals surface area contributed by atoms with Crippen LogP contribution in [0.3, 0.4) is 0 Å². The molecule has 0 bridgehead atoms. The van der Waals surface area contributed by atoms with Crippen molar-refractivity contribution in [2.45, 2.75) is 66.7 Å². The quantitative estimate of drug-likeness (QED) is 0.165. The molecular formula is C42H37F6. The summed E-state index contributed by atoms with van der Waals surface area (Å²) in [6, 6.07) is 17.8. The Balaban J connectivity index is 1.79. The van der Waals surface area contributed by atoms with Gasteiger partial charge >= 0.3 is 12.4 Å². The van der Waals surface area contributed by atoms with Gasteiger partial charge in [0.2, 0.25) is 0 Å². The lowest BCUT2D eigenvalue weighted by molar-refractivity contribution is -0.138. The van der Waals surface area contributed by atoms with E-state index in [0.29, 0.717) is 10.8 Å². The fraction of sp³-hybridized carbons (Fsp3) is 0.286. The standard InChI is InChI=1S/C42H37F6/c1-7-10-26-18-32(40(4,5)6)22-35(26)38-25(3)34(23-36-33-16-15-24(2)17-29(33)21-37(36)38)39(27-11-8-13-30(19-27)41(43,44)45)28-12-9-14-31(20-28)42(46,47)48/h8-9,11-20,22-23,26H,7,10H2,1-6H3. The summed E-state index contributed by atoms with van der Waals surface area (Å²) < 4.78 is 84.3. The molecule has 4 aromatic rings. The van der Waals surface area contributed by atoms with Gasteiger partial charge in [0.1, 0.15) is 0 Å². The Hall–Kier alpha value is -4.32. The van der Waals surface area contributed by atoms with E-state index in [1.54, 1.807) is 12.1 Å². The van der Waals surface area contributed by atoms with Crippen molar-refractivity contribution in [1.82, 2.24) is 0 Å². The van der Waals surface area contributed by atoms with Crippen LogP contribution >= 0.6 is 0 Å². The van der Waals surface area contributed by atoms with Gasteiger partial charge in [0, 0.05) is 5.92 Å². The minimum atomic E-state index is -4.63. The molecule has 0 N–H and O–H groups in total. The lowest BCUT2D eigenvalue weighted by Crippen LogP contribution is -2.24. The molecule has 247 valence electrons. The summed E-state index contributed by atoms with van der Waals surface area (Å²) in [7, 11) is 0. The second kappa shape index (κ2) is 12.0. The van der Waals surface area contributed by atoms with Crippen LogP contribution in [0.4, 0.5) is 26.3 Å². The zero-order chi connectivity index (χ0) is 34.8. The third kappa shape index (κ3) is 6.18. The molecular weight excluding hydrogens is 618 g/mol. The Morgan fingerprint density at radius 2 is 1.35 bits per heavy atom. The van der Waals surface area contributed by atoms with Gasteiger partial charge in [-0.3, -0.25) is 0 Å². The van der Waals surface area contributed by atoms with Crippen LogP contribution in [-0.4, -0.2) is 0 Å². The minimum absolute atomic E-state index is 0.0973. The third-order valence-electron chi connectivity index (χ3n) is 9.38. The van der Waals surface area contributed by atoms with Crippen molar-refractivity contribution in [2.24, 2.45) is 11.3 Å². The Bertz CT molecular complexity index is 2050. The average molecular weight is 656 g/mol. The van der Waals surface area contributed by atoms with Crippen molar-refractivity contribution in [2.75, 3.05) is 0 Å². The molecule has 1 atom stereocenters. The van der Waals surface area contributed by atoms with Gasteiger partial charge in [-0.25, -0.2) is 0 Å². The smallest absolute Gasteiger partial charge is 0.166 e. The van der Waals surface area contributed by atoms with Crippen LogP contribution in [-0.2, 0) is 12.4 Å². The Morgan fingerprint density at radius 3 is 1.90 bits per heavy atom. The van der Waals surface area contributed by atoms with E-state index in [4.69, 9.17) is 0 Å². The van der Waals surface area contributed by atoms with Gasteiger partial charge in [-0.1, -0.05) is 94.3 Å². The van der Waals surface area contributed by atoms with Crippen molar-refractivity contribution < 1.29 is 26.3 Å². The summed E-state index contributed by atoms with van der Waals surface area (Å²) in [5.41, 5.74) is 6.60. The molecule has 0 aromatic heterocycles. The zero-order valence-electron chi connectivity index (χ0n) is 27.8. The van der Waals surface area contributed by atoms with E-state index in [0.717, 1.165) is 81.3 Å². The first-order valence-electron chi connectivity index (χ1n) is 16.2. The zero-order valence-corrected chi connectivity index (χ0v) is 27.8. The molecule has 0 saturated carbocycles. The number of alkyl halides is 6. The maximum absolute atomic E-state index is 14.1. The molecule has 2 aliphatic carbocycles. The largest absolute Gasteiger partial charge is 0.416 e. The number of benzene rings is 4. The van der Waals surface area contributed by atoms with Gasteiger partial charge in [-0.15, -0.1) is 0 Å². The topological polar surface area (TPSA) is 0 Å². The number of rotatable bonds is 5. The van der Waals surface area contributed by atoms with E-state index >= 15 is 0 Å². The van der Waals surface area contributed by atoms with E-state index in [2.05, 4.69) is 52.0 Å². The van der Waals surface area contributed by atoms with Crippen molar-refractivity contribution in [1.29, 1.82) is 0 Å². The molecule has 6 heteroatoms. The number of allylic oxidation sites excluding steroid dienone is 4. The van der Waals surface area contributed by atoms with Crippen molar-refractivity contribution in [3.05, 3.63) is 145 Å². The first-order valence-corrected chi connectivity index (χ1v) is 16.2. The van der Waals surface area contributed by atoms with Gasteiger partial charge in [0.25, 0.3) is 0 Å². The van der Waals surface area contributed by atoms with Crippen LogP contribution in [0.25, 0.3) is 28.3 Å². The fourth-order valence-electron chi connectivity index (χ4n) is 6.96. The van der Waals surface area contributed by atoms with E-state index < -0.39 is 23.5 Å². The number of halogens is 6. The number of hydrogen-bond donors (Lipinski definition) is 0. The monoisotopic (exact) mass is 655 g/mol. The number of aryl methyl sites for hydroxylation is 1. The molecule has 2 aliphatic rings. The molecule has 0 heterocycles. The number of hydrogen-bond acceptors (Lipinski definition) is 0. The average Bonchev–Trinajstić information content (AvgIpc) is 3.58. The second-order valence-corrected chi connectivity index (χ2v) is 13.9. The molecule has 0 spiro atoms. The first kappa shape index (κ1) is 33.6. The maximum atomic E-state index is 14.1. The predicted octanol–water partition coefficient (Wildman–Crippen LogP) is 11.1. The van der Waals surface area contributed by atoms with Gasteiger partial charge in [-0.05, 0) is 128 Å². The van der Waals surface area contributed by atoms with Crippen LogP contribution in [0.15, 0.2) is 90.5 Å². The van der Waals surface area contributed by atoms with Crippen molar-refractivity contribution in [3.8, 4) is 11.1 Å². The summed E-state index contributed by atoms with van der Waals surface area (Å²) >= 11 is 0. The van der Waals surface area contributed by atoms with Gasteiger partial charge in [-0.2, -0.15) is 26.3 Å². The normalized spacial score (nSPS) is 15.9. The highest BCUT2D eigenvalue weighted by molar-refractivity contribution is 5.91. The molecule has 6 rings (SSSR count). The summed E-state index contributed by atoms with van der Waals surface area (Å²) in [6.45, 7) is 12.6. The van der Waals surface area contributed by atoms with E-state index in [9.17, 15) is 26.3 Å². The SMILES string of the molecule is CCCC1C=C(C(C)(C)C)C=C1c1c(C)c(=C(c2cccc(C(F)(F)F)c2)c2cccc(C(F)(F)F)c2)cc2c1=[C]c1cc(C)ccc1-2. The number of fused-ring (bicyclic) bond motifs is 3. The highest BCUT2D eigenvalue weighted by Crippen LogP contribution is 2.43. The van der Waals surface area contributed by atoms with Crippen LogP contribution < -0.4 is 10.4 Å². The molecule has 0 saturated heterocycles. The summed E-state index contributed by atoms with van der Waals surface area (Å²) in [5.74, 6) is 0.0973. The molecule has 1 unspecified atom stereocenters. The second-order valence-electron chi connectivity index (χ2n) is 13.9. The Morgan fingerprint density at radius 1 is 0.750 bits per heavy atom. The van der Waals surface area contributed by atoms with Crippen molar-refractivity contribution >= 4 is 17.2 Å². The third-order valence-corrected chi connectivity index (χ3v) is 9.38. The molecule has 0 fully saturated rings. The molecule has 0 amide bonds. The Labute approximate surface area is 277 Å². The van der Waals surface area contributed by atoms with Crippen LogP contribution in [0, 0.1) is 25.2 Å². The lowest BCUT2D eigenvalue weighted by Gasteiger charge is -2.20. The molecule has 0 nitrogen and oxygen atoms in total. The predicted molar refractivity (Wildman–Crippen MR) is 182 cm³/mol. The maximum Gasteiger partial charge on any atom is 0.416 e. The van der Waals surface area contributed by atoms with Gasteiger partial charge in [0.15, 0.2) is 0 Å². The highest BCUT2D eigenvalue weighted by atomic mass is 19.4. The lowest BCUT2D eigenvalue weighted by atomic mass is 9.83. The summed E-state index contributed by atoms with van der Waals surface area (Å²) in [6.07, 6.45) is 0.769. The van der Waals surface area contributed by atoms with E-state index in [1.807, 2.05) is 32.0 Å². The summed E-state index contributed by atoms with van der Waals surface area (Å²) in [4.78, 5) is 0. The van der Waals surface area contributed by atoms with Crippen LogP contribution in [0.2, 0.25) is 0 Å². The van der Waals surface area contributed by atoms with Gasteiger partial charge < -0.3 is 0 Å². The van der Waals surface area contributed by atoms with Gasteiger partial charge in [0.05, 0.1) is 11.1 Å². The van der Waals surface area contributed by atoms with Crippen LogP contribution in [0.1, 0.15) is 85.0 Å².